The Bertz CT molecular complexity index is 182. The molecule has 0 rings (SSSR count). The molecule has 0 unspecified atom stereocenters. The number of carboxylic acids is 1. The molecule has 0 aliphatic heterocycles. The molecule has 0 radical (unpaired) electrons. The number of nitrogens with one attached hydrogen (secondary N) is 1. The van der Waals surface area contributed by atoms with E-state index in [1.807, 2.05) is 6.92 Å². The Labute approximate surface area is 83.4 Å². The number of carbonyl (C=O) groups excluding carboxylic acids is 1. The molecule has 0 saturated carbocycles. The van der Waals surface area contributed by atoms with E-state index in [2.05, 4.69) is 5.32 Å². The standard InChI is InChI=1S/C9H17NO4/c1-2-6-14-7-8(11)10-5-3-4-9(12)13/h2-7H2,1H3,(H,10,11)(H,12,13). The Hall–Kier alpha value is -1.10. The molecule has 0 aromatic carbocycles. The van der Waals surface area contributed by atoms with Gasteiger partial charge in [-0.2, -0.15) is 0 Å². The lowest BCUT2D eigenvalue weighted by Crippen LogP contribution is -2.28. The summed E-state index contributed by atoms with van der Waals surface area (Å²) >= 11 is 0. The first-order valence-corrected chi connectivity index (χ1v) is 4.73. The van der Waals surface area contributed by atoms with Crippen molar-refractivity contribution in [1.82, 2.24) is 5.32 Å². The number of carboxylic acid groups (broad SMARTS) is 1. The zero-order chi connectivity index (χ0) is 10.8. The molecule has 14 heavy (non-hydrogen) atoms. The first-order valence-electron chi connectivity index (χ1n) is 4.73. The SMILES string of the molecule is CCCOCC(=O)NCCCC(=O)O. The molecule has 5 nitrogen and oxygen atoms in total. The second-order valence-corrected chi connectivity index (χ2v) is 2.90. The Morgan fingerprint density at radius 2 is 2.14 bits per heavy atom. The minimum Gasteiger partial charge on any atom is -0.481 e. The molecule has 2 N–H and O–H groups in total. The van der Waals surface area contributed by atoms with Gasteiger partial charge in [-0.25, -0.2) is 0 Å². The van der Waals surface area contributed by atoms with Gasteiger partial charge in [0.05, 0.1) is 0 Å². The molecule has 0 bridgehead atoms. The van der Waals surface area contributed by atoms with E-state index in [0.29, 0.717) is 19.6 Å². The fourth-order valence-electron chi connectivity index (χ4n) is 0.828. The van der Waals surface area contributed by atoms with Gasteiger partial charge in [-0.3, -0.25) is 9.59 Å². The van der Waals surface area contributed by atoms with E-state index >= 15 is 0 Å². The van der Waals surface area contributed by atoms with E-state index in [1.54, 1.807) is 0 Å². The van der Waals surface area contributed by atoms with Crippen LogP contribution in [0.1, 0.15) is 26.2 Å². The molecule has 5 heteroatoms. The third kappa shape index (κ3) is 8.99. The predicted molar refractivity (Wildman–Crippen MR) is 51.0 cm³/mol. The molecule has 0 atom stereocenters. The van der Waals surface area contributed by atoms with E-state index in [0.717, 1.165) is 6.42 Å². The molecular weight excluding hydrogens is 186 g/mol. The number of rotatable bonds is 8. The van der Waals surface area contributed by atoms with Crippen LogP contribution >= 0.6 is 0 Å². The fourth-order valence-corrected chi connectivity index (χ4v) is 0.828. The van der Waals surface area contributed by atoms with E-state index in [9.17, 15) is 9.59 Å². The summed E-state index contributed by atoms with van der Waals surface area (Å²) in [5.74, 6) is -1.04. The monoisotopic (exact) mass is 203 g/mol. The van der Waals surface area contributed by atoms with Crippen molar-refractivity contribution < 1.29 is 19.4 Å². The molecule has 0 aromatic rings. The maximum Gasteiger partial charge on any atom is 0.303 e. The van der Waals surface area contributed by atoms with Gasteiger partial charge in [0, 0.05) is 19.6 Å². The number of aliphatic carboxylic acids is 1. The van der Waals surface area contributed by atoms with Crippen LogP contribution < -0.4 is 5.32 Å². The van der Waals surface area contributed by atoms with Crippen molar-refractivity contribution in [3.63, 3.8) is 0 Å². The molecular formula is C9H17NO4. The number of amides is 1. The van der Waals surface area contributed by atoms with Gasteiger partial charge in [0.15, 0.2) is 0 Å². The Kier molecular flexibility index (Phi) is 7.83. The lowest BCUT2D eigenvalue weighted by molar-refractivity contribution is -0.137. The number of hydrogen-bond donors (Lipinski definition) is 2. The van der Waals surface area contributed by atoms with E-state index in [4.69, 9.17) is 9.84 Å². The lowest BCUT2D eigenvalue weighted by atomic mass is 10.3. The van der Waals surface area contributed by atoms with Crippen LogP contribution in [-0.4, -0.2) is 36.7 Å². The van der Waals surface area contributed by atoms with Crippen LogP contribution in [-0.2, 0) is 14.3 Å². The van der Waals surface area contributed by atoms with Crippen LogP contribution in [0.3, 0.4) is 0 Å². The summed E-state index contributed by atoms with van der Waals surface area (Å²) in [6.07, 6.45) is 1.41. The molecule has 0 aromatic heterocycles. The van der Waals surface area contributed by atoms with E-state index in [-0.39, 0.29) is 18.9 Å². The van der Waals surface area contributed by atoms with Crippen LogP contribution in [0.5, 0.6) is 0 Å². The summed E-state index contributed by atoms with van der Waals surface area (Å²) in [4.78, 5) is 21.1. The highest BCUT2D eigenvalue weighted by Gasteiger charge is 2.01. The average molecular weight is 203 g/mol. The zero-order valence-electron chi connectivity index (χ0n) is 8.41. The summed E-state index contributed by atoms with van der Waals surface area (Å²) < 4.78 is 4.99. The van der Waals surface area contributed by atoms with Crippen LogP contribution in [0.15, 0.2) is 0 Å². The van der Waals surface area contributed by atoms with Crippen LogP contribution in [0.4, 0.5) is 0 Å². The Balaban J connectivity index is 3.22. The Morgan fingerprint density at radius 1 is 1.43 bits per heavy atom. The summed E-state index contributed by atoms with van der Waals surface area (Å²) in [5.41, 5.74) is 0. The van der Waals surface area contributed by atoms with Crippen LogP contribution in [0, 0.1) is 0 Å². The smallest absolute Gasteiger partial charge is 0.303 e. The highest BCUT2D eigenvalue weighted by Crippen LogP contribution is 1.86. The van der Waals surface area contributed by atoms with Gasteiger partial charge >= 0.3 is 5.97 Å². The maximum atomic E-state index is 11.0. The second kappa shape index (κ2) is 8.50. The highest BCUT2D eigenvalue weighted by atomic mass is 16.5. The minimum atomic E-state index is -0.846. The van der Waals surface area contributed by atoms with Crippen molar-refractivity contribution in [3.05, 3.63) is 0 Å². The van der Waals surface area contributed by atoms with Crippen molar-refractivity contribution in [1.29, 1.82) is 0 Å². The van der Waals surface area contributed by atoms with E-state index in [1.165, 1.54) is 0 Å². The normalized spacial score (nSPS) is 9.79. The van der Waals surface area contributed by atoms with Crippen LogP contribution in [0.2, 0.25) is 0 Å². The van der Waals surface area contributed by atoms with Crippen molar-refractivity contribution in [3.8, 4) is 0 Å². The molecule has 0 fully saturated rings. The summed E-state index contributed by atoms with van der Waals surface area (Å²) in [6, 6.07) is 0. The van der Waals surface area contributed by atoms with Gasteiger partial charge in [-0.1, -0.05) is 6.92 Å². The topological polar surface area (TPSA) is 75.6 Å². The highest BCUT2D eigenvalue weighted by molar-refractivity contribution is 5.77. The third-order valence-electron chi connectivity index (χ3n) is 1.47. The van der Waals surface area contributed by atoms with Gasteiger partial charge < -0.3 is 15.2 Å². The molecule has 0 saturated heterocycles. The molecule has 0 spiro atoms. The minimum absolute atomic E-state index is 0.0565. The zero-order valence-corrected chi connectivity index (χ0v) is 8.41. The number of carbonyl (C=O) groups is 2. The van der Waals surface area contributed by atoms with Gasteiger partial charge in [-0.15, -0.1) is 0 Å². The van der Waals surface area contributed by atoms with Crippen molar-refractivity contribution >= 4 is 11.9 Å². The first-order chi connectivity index (χ1) is 6.66. The average Bonchev–Trinajstić information content (AvgIpc) is 2.13. The van der Waals surface area contributed by atoms with Gasteiger partial charge in [-0.05, 0) is 12.8 Å². The molecule has 1 amide bonds. The van der Waals surface area contributed by atoms with Crippen LogP contribution in [0.25, 0.3) is 0 Å². The van der Waals surface area contributed by atoms with Crippen molar-refractivity contribution in [2.75, 3.05) is 19.8 Å². The quantitative estimate of drug-likeness (QED) is 0.560. The fraction of sp³-hybridized carbons (Fsp3) is 0.778. The largest absolute Gasteiger partial charge is 0.481 e. The van der Waals surface area contributed by atoms with Gasteiger partial charge in [0.1, 0.15) is 6.61 Å². The molecule has 82 valence electrons. The molecule has 0 aliphatic carbocycles. The molecule has 0 heterocycles. The third-order valence-corrected chi connectivity index (χ3v) is 1.47. The maximum absolute atomic E-state index is 11.0. The van der Waals surface area contributed by atoms with Crippen molar-refractivity contribution in [2.24, 2.45) is 0 Å². The summed E-state index contributed by atoms with van der Waals surface area (Å²) in [6.45, 7) is 2.98. The Morgan fingerprint density at radius 3 is 2.71 bits per heavy atom. The second-order valence-electron chi connectivity index (χ2n) is 2.90. The van der Waals surface area contributed by atoms with Crippen molar-refractivity contribution in [2.45, 2.75) is 26.2 Å². The van der Waals surface area contributed by atoms with Gasteiger partial charge in [0.25, 0.3) is 0 Å². The first kappa shape index (κ1) is 12.9. The summed E-state index contributed by atoms with van der Waals surface area (Å²) in [5, 5.41) is 10.9. The number of ether oxygens (including phenoxy) is 1. The van der Waals surface area contributed by atoms with Gasteiger partial charge in [0.2, 0.25) is 5.91 Å². The molecule has 0 aliphatic rings. The lowest BCUT2D eigenvalue weighted by Gasteiger charge is -2.04. The predicted octanol–water partition coefficient (Wildman–Crippen LogP) is 0.394. The van der Waals surface area contributed by atoms with E-state index < -0.39 is 5.97 Å². The number of hydrogen-bond acceptors (Lipinski definition) is 3. The summed E-state index contributed by atoms with van der Waals surface area (Å²) in [7, 11) is 0.